The van der Waals surface area contributed by atoms with Crippen molar-refractivity contribution in [1.82, 2.24) is 15.3 Å². The Labute approximate surface area is 72.6 Å². The van der Waals surface area contributed by atoms with Crippen LogP contribution in [0.15, 0.2) is 6.20 Å². The summed E-state index contributed by atoms with van der Waals surface area (Å²) in [5.41, 5.74) is 1.25. The molecule has 0 radical (unpaired) electrons. The first-order valence-corrected chi connectivity index (χ1v) is 4.62. The zero-order chi connectivity index (χ0) is 8.39. The number of aromatic nitrogens is 2. The first-order valence-electron chi connectivity index (χ1n) is 4.62. The van der Waals surface area contributed by atoms with Gasteiger partial charge in [0, 0.05) is 18.3 Å². The fourth-order valence-corrected chi connectivity index (χ4v) is 1.46. The van der Waals surface area contributed by atoms with E-state index in [-0.39, 0.29) is 0 Å². The van der Waals surface area contributed by atoms with Crippen LogP contribution in [0.3, 0.4) is 0 Å². The number of hydrogen-bond donors (Lipinski definition) is 2. The number of imidazole rings is 1. The maximum atomic E-state index is 4.33. The van der Waals surface area contributed by atoms with Crippen LogP contribution in [0.2, 0.25) is 0 Å². The van der Waals surface area contributed by atoms with E-state index in [1.54, 1.807) is 0 Å². The van der Waals surface area contributed by atoms with Crippen molar-refractivity contribution < 1.29 is 0 Å². The second-order valence-corrected chi connectivity index (χ2v) is 3.44. The Morgan fingerprint density at radius 1 is 1.58 bits per heavy atom. The van der Waals surface area contributed by atoms with E-state index in [0.717, 1.165) is 37.7 Å². The Kier molecular flexibility index (Phi) is 2.13. The fourth-order valence-electron chi connectivity index (χ4n) is 1.46. The SMILES string of the molecule is CCc1cnc(CC2CNC2)[nH]1. The second kappa shape index (κ2) is 3.27. The third-order valence-corrected chi connectivity index (χ3v) is 2.41. The van der Waals surface area contributed by atoms with Crippen LogP contribution in [0, 0.1) is 5.92 Å². The minimum Gasteiger partial charge on any atom is -0.346 e. The number of aryl methyl sites for hydroxylation is 1. The molecule has 0 aliphatic carbocycles. The topological polar surface area (TPSA) is 40.7 Å². The molecular weight excluding hydrogens is 150 g/mol. The highest BCUT2D eigenvalue weighted by atomic mass is 15.0. The fraction of sp³-hybridized carbons (Fsp3) is 0.667. The van der Waals surface area contributed by atoms with Crippen LogP contribution in [0.5, 0.6) is 0 Å². The molecule has 3 heteroatoms. The Balaban J connectivity index is 1.93. The van der Waals surface area contributed by atoms with Gasteiger partial charge in [-0.1, -0.05) is 6.92 Å². The number of hydrogen-bond acceptors (Lipinski definition) is 2. The lowest BCUT2D eigenvalue weighted by Crippen LogP contribution is -2.43. The molecule has 0 saturated carbocycles. The van der Waals surface area contributed by atoms with Crippen LogP contribution in [-0.2, 0) is 12.8 Å². The van der Waals surface area contributed by atoms with Gasteiger partial charge in [0.05, 0.1) is 0 Å². The molecule has 1 fully saturated rings. The van der Waals surface area contributed by atoms with Crippen molar-refractivity contribution in [3.05, 3.63) is 17.7 Å². The van der Waals surface area contributed by atoms with Crippen LogP contribution in [0.25, 0.3) is 0 Å². The highest BCUT2D eigenvalue weighted by Gasteiger charge is 2.17. The van der Waals surface area contributed by atoms with Crippen LogP contribution in [0.4, 0.5) is 0 Å². The standard InChI is InChI=1S/C9H15N3/c1-2-8-6-11-9(12-8)3-7-4-10-5-7/h6-7,10H,2-5H2,1H3,(H,11,12). The summed E-state index contributed by atoms with van der Waals surface area (Å²) in [6, 6.07) is 0. The van der Waals surface area contributed by atoms with E-state index >= 15 is 0 Å². The zero-order valence-electron chi connectivity index (χ0n) is 7.43. The summed E-state index contributed by atoms with van der Waals surface area (Å²) in [6.45, 7) is 4.45. The lowest BCUT2D eigenvalue weighted by Gasteiger charge is -2.25. The summed E-state index contributed by atoms with van der Waals surface area (Å²) in [6.07, 6.45) is 4.10. The minimum atomic E-state index is 0.806. The quantitative estimate of drug-likeness (QED) is 0.693. The normalized spacial score (nSPS) is 17.8. The average Bonchev–Trinajstić information content (AvgIpc) is 2.44. The number of rotatable bonds is 3. The zero-order valence-corrected chi connectivity index (χ0v) is 7.43. The number of aromatic amines is 1. The molecular formula is C9H15N3. The summed E-state index contributed by atoms with van der Waals surface area (Å²) >= 11 is 0. The van der Waals surface area contributed by atoms with Crippen LogP contribution in [-0.4, -0.2) is 23.1 Å². The van der Waals surface area contributed by atoms with Crippen LogP contribution in [0.1, 0.15) is 18.4 Å². The minimum absolute atomic E-state index is 0.806. The molecule has 2 N–H and O–H groups in total. The molecule has 0 aromatic carbocycles. The van der Waals surface area contributed by atoms with Gasteiger partial charge in [-0.25, -0.2) is 4.98 Å². The van der Waals surface area contributed by atoms with E-state index in [0.29, 0.717) is 0 Å². The van der Waals surface area contributed by atoms with E-state index in [9.17, 15) is 0 Å². The van der Waals surface area contributed by atoms with Gasteiger partial charge in [-0.05, 0) is 25.4 Å². The molecule has 66 valence electrons. The molecule has 0 amide bonds. The van der Waals surface area contributed by atoms with Gasteiger partial charge in [0.15, 0.2) is 0 Å². The van der Waals surface area contributed by atoms with Crippen molar-refractivity contribution in [3.63, 3.8) is 0 Å². The van der Waals surface area contributed by atoms with Gasteiger partial charge in [-0.15, -0.1) is 0 Å². The molecule has 1 aromatic rings. The van der Waals surface area contributed by atoms with E-state index in [4.69, 9.17) is 0 Å². The van der Waals surface area contributed by atoms with Gasteiger partial charge < -0.3 is 10.3 Å². The highest BCUT2D eigenvalue weighted by molar-refractivity contribution is 5.02. The molecule has 0 bridgehead atoms. The number of nitrogens with one attached hydrogen (secondary N) is 2. The van der Waals surface area contributed by atoms with Crippen molar-refractivity contribution in [3.8, 4) is 0 Å². The monoisotopic (exact) mass is 165 g/mol. The number of H-pyrrole nitrogens is 1. The second-order valence-electron chi connectivity index (χ2n) is 3.44. The Bertz CT molecular complexity index is 250. The Morgan fingerprint density at radius 3 is 2.92 bits per heavy atom. The maximum absolute atomic E-state index is 4.33. The van der Waals surface area contributed by atoms with E-state index < -0.39 is 0 Å². The largest absolute Gasteiger partial charge is 0.346 e. The summed E-state index contributed by atoms with van der Waals surface area (Å²) in [5, 5.41) is 3.26. The predicted molar refractivity (Wildman–Crippen MR) is 48.0 cm³/mol. The maximum Gasteiger partial charge on any atom is 0.106 e. The van der Waals surface area contributed by atoms with Crippen molar-refractivity contribution in [1.29, 1.82) is 0 Å². The Morgan fingerprint density at radius 2 is 2.42 bits per heavy atom. The molecule has 2 rings (SSSR count). The molecule has 3 nitrogen and oxygen atoms in total. The van der Waals surface area contributed by atoms with Gasteiger partial charge in [-0.2, -0.15) is 0 Å². The van der Waals surface area contributed by atoms with Gasteiger partial charge in [0.25, 0.3) is 0 Å². The van der Waals surface area contributed by atoms with Crippen molar-refractivity contribution >= 4 is 0 Å². The number of nitrogens with zero attached hydrogens (tertiary/aromatic N) is 1. The Hall–Kier alpha value is -0.830. The molecule has 1 aliphatic rings. The van der Waals surface area contributed by atoms with Gasteiger partial charge in [-0.3, -0.25) is 0 Å². The molecule has 1 saturated heterocycles. The van der Waals surface area contributed by atoms with E-state index in [1.807, 2.05) is 6.20 Å². The summed E-state index contributed by atoms with van der Waals surface area (Å²) in [7, 11) is 0. The van der Waals surface area contributed by atoms with Crippen molar-refractivity contribution in [2.45, 2.75) is 19.8 Å². The van der Waals surface area contributed by atoms with Crippen molar-refractivity contribution in [2.24, 2.45) is 5.92 Å². The molecule has 1 aliphatic heterocycles. The molecule has 12 heavy (non-hydrogen) atoms. The van der Waals surface area contributed by atoms with E-state index in [1.165, 1.54) is 5.69 Å². The molecule has 1 aromatic heterocycles. The first kappa shape index (κ1) is 7.80. The van der Waals surface area contributed by atoms with Crippen LogP contribution >= 0.6 is 0 Å². The summed E-state index contributed by atoms with van der Waals surface area (Å²) < 4.78 is 0. The van der Waals surface area contributed by atoms with Crippen molar-refractivity contribution in [2.75, 3.05) is 13.1 Å². The average molecular weight is 165 g/mol. The molecule has 0 spiro atoms. The lowest BCUT2D eigenvalue weighted by molar-refractivity contribution is 0.341. The molecule has 2 heterocycles. The van der Waals surface area contributed by atoms with Gasteiger partial charge in [0.1, 0.15) is 5.82 Å². The van der Waals surface area contributed by atoms with Gasteiger partial charge >= 0.3 is 0 Å². The van der Waals surface area contributed by atoms with Crippen LogP contribution < -0.4 is 5.32 Å². The third-order valence-electron chi connectivity index (χ3n) is 2.41. The summed E-state index contributed by atoms with van der Waals surface area (Å²) in [4.78, 5) is 7.65. The van der Waals surface area contributed by atoms with Gasteiger partial charge in [0.2, 0.25) is 0 Å². The smallest absolute Gasteiger partial charge is 0.106 e. The van der Waals surface area contributed by atoms with E-state index in [2.05, 4.69) is 22.2 Å². The first-order chi connectivity index (χ1) is 5.88. The highest BCUT2D eigenvalue weighted by Crippen LogP contribution is 2.09. The predicted octanol–water partition coefficient (Wildman–Crippen LogP) is 0.734. The summed E-state index contributed by atoms with van der Waals surface area (Å²) in [5.74, 6) is 1.96. The molecule has 0 unspecified atom stereocenters. The molecule has 0 atom stereocenters. The third kappa shape index (κ3) is 1.50. The lowest BCUT2D eigenvalue weighted by atomic mass is 9.99.